The lowest BCUT2D eigenvalue weighted by Crippen LogP contribution is -2.10. The van der Waals surface area contributed by atoms with Gasteiger partial charge in [-0.1, -0.05) is 120 Å². The third-order valence-electron chi connectivity index (χ3n) is 9.37. The van der Waals surface area contributed by atoms with Gasteiger partial charge in [-0.2, -0.15) is 0 Å². The van der Waals surface area contributed by atoms with E-state index in [0.29, 0.717) is 5.92 Å². The van der Waals surface area contributed by atoms with Gasteiger partial charge in [0.05, 0.1) is 28.4 Å². The van der Waals surface area contributed by atoms with Crippen LogP contribution in [0.3, 0.4) is 0 Å². The molecule has 8 nitrogen and oxygen atoms in total. The molecule has 0 spiro atoms. The Balaban J connectivity index is 0.000000175. The Morgan fingerprint density at radius 1 is 0.640 bits per heavy atom. The van der Waals surface area contributed by atoms with Crippen molar-refractivity contribution in [2.24, 2.45) is 5.92 Å². The molecule has 0 radical (unpaired) electrons. The fraction of sp³-hybridized carbons (Fsp3) is 0.381. The van der Waals surface area contributed by atoms with Crippen LogP contribution in [-0.2, 0) is 25.9 Å². The lowest BCUT2D eigenvalue weighted by Gasteiger charge is -2.13. The van der Waals surface area contributed by atoms with Gasteiger partial charge in [0.15, 0.2) is 11.6 Å². The maximum absolute atomic E-state index is 5.04. The van der Waals surface area contributed by atoms with E-state index in [2.05, 4.69) is 117 Å². The lowest BCUT2D eigenvalue weighted by atomic mass is 10.1. The second kappa shape index (κ2) is 16.6. The summed E-state index contributed by atoms with van der Waals surface area (Å²) in [6, 6.07) is 27.3. The highest BCUT2D eigenvalue weighted by Crippen LogP contribution is 2.31. The average Bonchev–Trinajstić information content (AvgIpc) is 3.74. The highest BCUT2D eigenvalue weighted by molar-refractivity contribution is 6.07. The van der Waals surface area contributed by atoms with Gasteiger partial charge in [-0.25, -0.2) is 19.9 Å². The molecule has 0 fully saturated rings. The van der Waals surface area contributed by atoms with Crippen LogP contribution in [0, 0.1) is 5.92 Å². The second-order valence-corrected chi connectivity index (χ2v) is 13.6. The van der Waals surface area contributed by atoms with Crippen molar-refractivity contribution in [1.82, 2.24) is 29.1 Å². The number of hydrogen-bond acceptors (Lipinski definition) is 6. The highest BCUT2D eigenvalue weighted by Gasteiger charge is 2.19. The third kappa shape index (κ3) is 7.75. The first-order chi connectivity index (χ1) is 24.5. The van der Waals surface area contributed by atoms with Crippen molar-refractivity contribution in [3.63, 3.8) is 0 Å². The number of rotatable bonds is 14. The molecular formula is C42H52N8. The van der Waals surface area contributed by atoms with Crippen molar-refractivity contribution >= 4 is 55.5 Å². The molecule has 0 bridgehead atoms. The minimum Gasteiger partial charge on any atom is -0.371 e. The summed E-state index contributed by atoms with van der Waals surface area (Å²) in [6.45, 7) is 8.76. The van der Waals surface area contributed by atoms with Crippen molar-refractivity contribution in [1.29, 1.82) is 0 Å². The topological polar surface area (TPSA) is 85.5 Å². The van der Waals surface area contributed by atoms with Gasteiger partial charge in [0.2, 0.25) is 0 Å². The fourth-order valence-corrected chi connectivity index (χ4v) is 6.90. The molecule has 8 heteroatoms. The molecule has 7 rings (SSSR count). The Hall–Kier alpha value is -4.98. The van der Waals surface area contributed by atoms with Crippen LogP contribution in [0.1, 0.15) is 70.7 Å². The summed E-state index contributed by atoms with van der Waals surface area (Å²) < 4.78 is 4.70. The maximum Gasteiger partial charge on any atom is 0.154 e. The van der Waals surface area contributed by atoms with E-state index in [1.54, 1.807) is 0 Å². The zero-order valence-electron chi connectivity index (χ0n) is 30.4. The number of para-hydroxylation sites is 2. The number of anilines is 2. The number of benzene rings is 3. The number of aromatic nitrogens is 6. The van der Waals surface area contributed by atoms with Crippen molar-refractivity contribution in [2.45, 2.75) is 85.2 Å². The van der Waals surface area contributed by atoms with Gasteiger partial charge in [0.1, 0.15) is 16.9 Å². The Kier molecular flexibility index (Phi) is 11.6. The summed E-state index contributed by atoms with van der Waals surface area (Å²) in [7, 11) is 3.82. The molecule has 3 aromatic carbocycles. The lowest BCUT2D eigenvalue weighted by molar-refractivity contribution is 0.516. The molecule has 2 N–H and O–H groups in total. The molecule has 0 aliphatic heterocycles. The third-order valence-corrected chi connectivity index (χ3v) is 9.37. The summed E-state index contributed by atoms with van der Waals surface area (Å²) in [5.74, 6) is 3.40. The van der Waals surface area contributed by atoms with Gasteiger partial charge in [0.25, 0.3) is 0 Å². The van der Waals surface area contributed by atoms with Crippen molar-refractivity contribution in [3.05, 3.63) is 96.6 Å². The normalized spacial score (nSPS) is 11.5. The SMILES string of the molecule is CCCCCCCCn1cnc2c(NC)nc3ccccc3c21.CNc1nc2ccccc2c2c1nc(CCc1ccccc1)n2CC(C)C. The smallest absolute Gasteiger partial charge is 0.154 e. The van der Waals surface area contributed by atoms with Crippen LogP contribution in [0.25, 0.3) is 43.9 Å². The molecule has 7 aromatic rings. The Morgan fingerprint density at radius 2 is 1.24 bits per heavy atom. The summed E-state index contributed by atoms with van der Waals surface area (Å²) >= 11 is 0. The van der Waals surface area contributed by atoms with Crippen molar-refractivity contribution in [3.8, 4) is 0 Å². The summed E-state index contributed by atoms with van der Waals surface area (Å²) in [6.07, 6.45) is 11.7. The molecule has 0 aliphatic carbocycles. The molecule has 0 amide bonds. The molecule has 260 valence electrons. The van der Waals surface area contributed by atoms with Crippen LogP contribution < -0.4 is 10.6 Å². The average molecular weight is 669 g/mol. The van der Waals surface area contributed by atoms with E-state index in [9.17, 15) is 0 Å². The molecule has 0 aliphatic rings. The highest BCUT2D eigenvalue weighted by atomic mass is 15.1. The van der Waals surface area contributed by atoms with E-state index in [4.69, 9.17) is 9.97 Å². The largest absolute Gasteiger partial charge is 0.371 e. The van der Waals surface area contributed by atoms with Crippen LogP contribution in [-0.4, -0.2) is 43.2 Å². The fourth-order valence-electron chi connectivity index (χ4n) is 6.90. The number of aryl methyl sites for hydroxylation is 3. The zero-order chi connectivity index (χ0) is 34.9. The summed E-state index contributed by atoms with van der Waals surface area (Å²) in [4.78, 5) is 19.1. The molecule has 4 aromatic heterocycles. The van der Waals surface area contributed by atoms with Crippen LogP contribution >= 0.6 is 0 Å². The molecule has 0 atom stereocenters. The van der Waals surface area contributed by atoms with Gasteiger partial charge in [-0.3, -0.25) is 0 Å². The van der Waals surface area contributed by atoms with Crippen LogP contribution in [0.15, 0.2) is 85.2 Å². The predicted octanol–water partition coefficient (Wildman–Crippen LogP) is 10.1. The molecule has 50 heavy (non-hydrogen) atoms. The predicted molar refractivity (Wildman–Crippen MR) is 211 cm³/mol. The van der Waals surface area contributed by atoms with E-state index in [0.717, 1.165) is 65.5 Å². The van der Waals surface area contributed by atoms with Gasteiger partial charge in [-0.05, 0) is 36.5 Å². The van der Waals surface area contributed by atoms with Gasteiger partial charge >= 0.3 is 0 Å². The summed E-state index contributed by atoms with van der Waals surface area (Å²) in [5.41, 5.74) is 7.72. The quantitative estimate of drug-likeness (QED) is 0.112. The number of hydrogen-bond donors (Lipinski definition) is 2. The first-order valence-electron chi connectivity index (χ1n) is 18.4. The number of nitrogens with zero attached hydrogens (tertiary/aromatic N) is 6. The van der Waals surface area contributed by atoms with Crippen LogP contribution in [0.2, 0.25) is 0 Å². The molecule has 0 saturated carbocycles. The Bertz CT molecular complexity index is 2140. The van der Waals surface area contributed by atoms with E-state index in [1.165, 1.54) is 65.9 Å². The second-order valence-electron chi connectivity index (χ2n) is 13.6. The number of unbranched alkanes of at least 4 members (excludes halogenated alkanes) is 5. The van der Waals surface area contributed by atoms with Crippen LogP contribution in [0.5, 0.6) is 0 Å². The molecule has 4 heterocycles. The molecule has 0 saturated heterocycles. The van der Waals surface area contributed by atoms with Gasteiger partial charge in [0, 0.05) is 44.4 Å². The molecular weight excluding hydrogens is 617 g/mol. The number of pyridine rings is 2. The first-order valence-corrected chi connectivity index (χ1v) is 18.4. The minimum atomic E-state index is 0.544. The maximum atomic E-state index is 5.04. The summed E-state index contributed by atoms with van der Waals surface area (Å²) in [5, 5.41) is 8.78. The monoisotopic (exact) mass is 668 g/mol. The molecule has 0 unspecified atom stereocenters. The van der Waals surface area contributed by atoms with E-state index in [1.807, 2.05) is 32.6 Å². The Morgan fingerprint density at radius 3 is 1.90 bits per heavy atom. The zero-order valence-corrected chi connectivity index (χ0v) is 30.4. The van der Waals surface area contributed by atoms with Crippen LogP contribution in [0.4, 0.5) is 11.6 Å². The number of imidazole rings is 2. The van der Waals surface area contributed by atoms with Crippen molar-refractivity contribution < 1.29 is 0 Å². The standard InChI is InChI=1S/C23H26N4.C19H26N4/c1-16(2)15-27-20(14-13-17-9-5-4-6-10-17)26-21-22(27)18-11-7-8-12-19(18)25-23(21)24-3;1-3-4-5-6-7-10-13-23-14-21-17-18(23)15-11-8-9-12-16(15)22-19(17)20-2/h4-12,16H,13-15H2,1-3H3,(H,24,25);8-9,11-12,14H,3-7,10,13H2,1-2H3,(H,20,22). The van der Waals surface area contributed by atoms with E-state index >= 15 is 0 Å². The van der Waals surface area contributed by atoms with Gasteiger partial charge in [-0.15, -0.1) is 0 Å². The first kappa shape index (κ1) is 34.9. The van der Waals surface area contributed by atoms with E-state index in [-0.39, 0.29) is 0 Å². The minimum absolute atomic E-state index is 0.544. The number of nitrogens with one attached hydrogen (secondary N) is 2. The van der Waals surface area contributed by atoms with E-state index < -0.39 is 0 Å². The van der Waals surface area contributed by atoms with Crippen molar-refractivity contribution in [2.75, 3.05) is 24.7 Å². The Labute approximate surface area is 296 Å². The number of fused-ring (bicyclic) bond motifs is 6. The van der Waals surface area contributed by atoms with Gasteiger partial charge < -0.3 is 19.8 Å².